The molecule has 310 valence electrons. The molecular formula is C60H38N4S2. The zero-order valence-corrected chi connectivity index (χ0v) is 37.5. The molecule has 0 saturated carbocycles. The molecule has 4 nitrogen and oxygen atoms in total. The number of hydrogen-bond acceptors (Lipinski definition) is 6. The molecule has 4 heterocycles. The predicted octanol–water partition coefficient (Wildman–Crippen LogP) is 15.9. The first-order chi connectivity index (χ1) is 32.6. The van der Waals surface area contributed by atoms with Gasteiger partial charge in [-0.05, 0) is 106 Å². The van der Waals surface area contributed by atoms with Crippen LogP contribution < -0.4 is 0 Å². The van der Waals surface area contributed by atoms with E-state index in [4.69, 9.17) is 19.9 Å². The Hall–Kier alpha value is -7.77. The molecule has 1 aliphatic carbocycles. The summed E-state index contributed by atoms with van der Waals surface area (Å²) in [5.41, 5.74) is 12.9. The number of fused-ring (bicyclic) bond motifs is 15. The molecule has 1 aliphatic heterocycles. The number of allylic oxidation sites excluding steroid dienone is 5. The summed E-state index contributed by atoms with van der Waals surface area (Å²) in [6.07, 6.45) is 7.69. The van der Waals surface area contributed by atoms with Gasteiger partial charge in [-0.2, -0.15) is 0 Å². The summed E-state index contributed by atoms with van der Waals surface area (Å²) in [5, 5.41) is 5.71. The number of hydrogen-bond donors (Lipinski definition) is 0. The number of pyridine rings is 1. The van der Waals surface area contributed by atoms with E-state index in [-0.39, 0.29) is 0 Å². The van der Waals surface area contributed by atoms with Gasteiger partial charge in [0.15, 0.2) is 17.5 Å². The molecule has 3 aromatic heterocycles. The maximum Gasteiger partial charge on any atom is 0.165 e. The summed E-state index contributed by atoms with van der Waals surface area (Å²) >= 11 is 3.64. The van der Waals surface area contributed by atoms with Crippen LogP contribution in [0.15, 0.2) is 217 Å². The highest BCUT2D eigenvalue weighted by molar-refractivity contribution is 7.99. The van der Waals surface area contributed by atoms with Gasteiger partial charge < -0.3 is 0 Å². The molecule has 0 atom stereocenters. The fourth-order valence-electron chi connectivity index (χ4n) is 10.4. The Bertz CT molecular complexity index is 3850. The van der Waals surface area contributed by atoms with Crippen molar-refractivity contribution in [2.45, 2.75) is 22.1 Å². The molecule has 6 heteroatoms. The summed E-state index contributed by atoms with van der Waals surface area (Å²) in [6.45, 7) is 5.92. The van der Waals surface area contributed by atoms with Crippen LogP contribution in [-0.2, 0) is 5.41 Å². The Morgan fingerprint density at radius 2 is 1.20 bits per heavy atom. The minimum absolute atomic E-state index is 0.520. The van der Waals surface area contributed by atoms with E-state index in [9.17, 15) is 0 Å². The van der Waals surface area contributed by atoms with Crippen molar-refractivity contribution >= 4 is 70.5 Å². The van der Waals surface area contributed by atoms with Crippen LogP contribution in [0, 0.1) is 0 Å². The summed E-state index contributed by atoms with van der Waals surface area (Å²) < 4.78 is 2.39. The van der Waals surface area contributed by atoms with Crippen molar-refractivity contribution < 1.29 is 0 Å². The van der Waals surface area contributed by atoms with E-state index in [1.807, 2.05) is 36.9 Å². The topological polar surface area (TPSA) is 51.6 Å². The van der Waals surface area contributed by atoms with Crippen molar-refractivity contribution in [1.82, 2.24) is 19.9 Å². The average Bonchev–Trinajstić information content (AvgIpc) is 3.89. The first kappa shape index (κ1) is 38.7. The first-order valence-corrected chi connectivity index (χ1v) is 23.8. The second-order valence-corrected chi connectivity index (χ2v) is 19.1. The maximum atomic E-state index is 5.49. The van der Waals surface area contributed by atoms with Gasteiger partial charge in [0.25, 0.3) is 0 Å². The third-order valence-electron chi connectivity index (χ3n) is 13.3. The van der Waals surface area contributed by atoms with Crippen molar-refractivity contribution in [2.24, 2.45) is 0 Å². The monoisotopic (exact) mass is 878 g/mol. The van der Waals surface area contributed by atoms with Crippen molar-refractivity contribution in [1.29, 1.82) is 0 Å². The van der Waals surface area contributed by atoms with Crippen LogP contribution in [0.5, 0.6) is 0 Å². The van der Waals surface area contributed by atoms with Crippen molar-refractivity contribution in [3.8, 4) is 45.2 Å². The van der Waals surface area contributed by atoms with Crippen molar-refractivity contribution in [3.63, 3.8) is 0 Å². The third-order valence-corrected chi connectivity index (χ3v) is 15.7. The van der Waals surface area contributed by atoms with Crippen LogP contribution in [0.3, 0.4) is 0 Å². The van der Waals surface area contributed by atoms with E-state index in [0.29, 0.717) is 17.5 Å². The van der Waals surface area contributed by atoms with E-state index in [1.54, 1.807) is 17.4 Å². The molecule has 1 spiro atoms. The zero-order chi connectivity index (χ0) is 43.9. The highest BCUT2D eigenvalue weighted by atomic mass is 32.2. The molecule has 0 unspecified atom stereocenters. The number of benzene rings is 8. The Morgan fingerprint density at radius 1 is 0.500 bits per heavy atom. The van der Waals surface area contributed by atoms with E-state index in [1.165, 1.54) is 58.6 Å². The minimum atomic E-state index is -0.520. The van der Waals surface area contributed by atoms with Crippen LogP contribution in [0.25, 0.3) is 92.6 Å². The molecule has 0 fully saturated rings. The van der Waals surface area contributed by atoms with Crippen molar-refractivity contribution in [2.75, 3.05) is 0 Å². The van der Waals surface area contributed by atoms with Gasteiger partial charge in [-0.15, -0.1) is 11.3 Å². The molecule has 0 saturated heterocycles. The second-order valence-electron chi connectivity index (χ2n) is 16.9. The van der Waals surface area contributed by atoms with Gasteiger partial charge in [-0.1, -0.05) is 164 Å². The number of rotatable bonds is 6. The van der Waals surface area contributed by atoms with Gasteiger partial charge in [0.2, 0.25) is 0 Å². The fourth-order valence-corrected chi connectivity index (χ4v) is 12.8. The summed E-state index contributed by atoms with van der Waals surface area (Å²) in [7, 11) is 0. The molecule has 8 aromatic carbocycles. The van der Waals surface area contributed by atoms with Gasteiger partial charge in [0.1, 0.15) is 0 Å². The van der Waals surface area contributed by atoms with E-state index >= 15 is 0 Å². The normalized spacial score (nSPS) is 13.7. The minimum Gasteiger partial charge on any atom is -0.247 e. The van der Waals surface area contributed by atoms with Crippen LogP contribution in [0.4, 0.5) is 0 Å². The molecule has 0 N–H and O–H groups in total. The Labute approximate surface area is 390 Å². The van der Waals surface area contributed by atoms with Crippen LogP contribution in [-0.4, -0.2) is 19.9 Å². The number of thiophene rings is 1. The molecule has 0 bridgehead atoms. The predicted molar refractivity (Wildman–Crippen MR) is 276 cm³/mol. The SMILES string of the molecule is C=C/C=C\C=C(/C)c1nc(-c2ccc3nc(-c4ccccc4)c4cc5c(cc4c3c2)C2(c3ccccc3Sc3ccccc32)c2ccccc2-5)nc(-c2cccc3c2sc2ccccc23)n1. The Morgan fingerprint density at radius 3 is 2.02 bits per heavy atom. The van der Waals surface area contributed by atoms with Gasteiger partial charge in [-0.3, -0.25) is 0 Å². The lowest BCUT2D eigenvalue weighted by Crippen LogP contribution is -2.31. The van der Waals surface area contributed by atoms with Crippen LogP contribution in [0.2, 0.25) is 0 Å². The quantitative estimate of drug-likeness (QED) is 0.123. The van der Waals surface area contributed by atoms with Gasteiger partial charge >= 0.3 is 0 Å². The summed E-state index contributed by atoms with van der Waals surface area (Å²) in [4.78, 5) is 23.8. The first-order valence-electron chi connectivity index (χ1n) is 22.2. The largest absolute Gasteiger partial charge is 0.247 e. The number of aromatic nitrogens is 4. The molecule has 13 rings (SSSR count). The van der Waals surface area contributed by atoms with Crippen LogP contribution >= 0.6 is 23.1 Å². The standard InChI is InChI=1S/C60H38N4S2/c1-3-4-6-18-36(2)57-62-58(64-59(63-57)42-24-17-23-41-40-22-10-14-28-52(40)66-56(41)42)38-31-32-51-45(33-38)43-35-50-44(34-46(43)55(61-51)37-19-7-5-8-20-37)39-21-9-11-25-47(39)60(50)48-26-12-15-29-53(48)65-54-30-16-13-27-49(54)60/h3-35H,1H2,2H3/b6-4-,36-18+. The zero-order valence-electron chi connectivity index (χ0n) is 35.9. The van der Waals surface area contributed by atoms with Gasteiger partial charge in [-0.25, -0.2) is 19.9 Å². The Balaban J connectivity index is 1.10. The summed E-state index contributed by atoms with van der Waals surface area (Å²) in [5.74, 6) is 1.86. The second kappa shape index (κ2) is 15.2. The fraction of sp³-hybridized carbons (Fsp3) is 0.0333. The van der Waals surface area contributed by atoms with E-state index in [0.717, 1.165) is 54.3 Å². The van der Waals surface area contributed by atoms with E-state index < -0.39 is 5.41 Å². The molecule has 66 heavy (non-hydrogen) atoms. The van der Waals surface area contributed by atoms with Crippen molar-refractivity contribution in [3.05, 3.63) is 235 Å². The average molecular weight is 879 g/mol. The molecule has 2 aliphatic rings. The lowest BCUT2D eigenvalue weighted by molar-refractivity contribution is 0.723. The molecular weight excluding hydrogens is 841 g/mol. The van der Waals surface area contributed by atoms with Crippen LogP contribution in [0.1, 0.15) is 35.0 Å². The summed E-state index contributed by atoms with van der Waals surface area (Å²) in [6, 6.07) is 64.0. The molecule has 11 aromatic rings. The van der Waals surface area contributed by atoms with E-state index in [2.05, 4.69) is 183 Å². The van der Waals surface area contributed by atoms with Gasteiger partial charge in [0, 0.05) is 57.4 Å². The highest BCUT2D eigenvalue weighted by Gasteiger charge is 2.50. The number of nitrogens with zero attached hydrogens (tertiary/aromatic N) is 4. The smallest absolute Gasteiger partial charge is 0.165 e. The third kappa shape index (κ3) is 5.78. The Kier molecular flexibility index (Phi) is 8.89. The lowest BCUT2D eigenvalue weighted by atomic mass is 9.67. The van der Waals surface area contributed by atoms with Gasteiger partial charge in [0.05, 0.1) is 16.6 Å². The maximum absolute atomic E-state index is 5.49. The highest BCUT2D eigenvalue weighted by Crippen LogP contribution is 2.63. The lowest BCUT2D eigenvalue weighted by Gasteiger charge is -2.39. The molecule has 0 amide bonds. The molecule has 0 radical (unpaired) electrons.